The van der Waals surface area contributed by atoms with Gasteiger partial charge in [0.25, 0.3) is 0 Å². The van der Waals surface area contributed by atoms with E-state index in [9.17, 15) is 4.79 Å². The van der Waals surface area contributed by atoms with Crippen LogP contribution in [-0.4, -0.2) is 19.1 Å². The number of hydrogen-bond donors (Lipinski definition) is 1. The summed E-state index contributed by atoms with van der Waals surface area (Å²) in [6, 6.07) is 3.71. The maximum absolute atomic E-state index is 11.3. The Morgan fingerprint density at radius 1 is 1.71 bits per heavy atom. The van der Waals surface area contributed by atoms with Crippen molar-refractivity contribution in [3.63, 3.8) is 0 Å². The van der Waals surface area contributed by atoms with Crippen LogP contribution < -0.4 is 5.32 Å². The number of thiophene rings is 1. The maximum Gasteiger partial charge on any atom is 0.249 e. The number of halogens is 1. The Morgan fingerprint density at radius 3 is 2.93 bits per heavy atom. The summed E-state index contributed by atoms with van der Waals surface area (Å²) >= 11 is 7.21. The van der Waals surface area contributed by atoms with Gasteiger partial charge in [-0.25, -0.2) is 0 Å². The second kappa shape index (κ2) is 5.34. The number of carbonyl (C=O) groups is 1. The molecule has 1 aromatic heterocycles. The highest BCUT2D eigenvalue weighted by atomic mass is 35.5. The summed E-state index contributed by atoms with van der Waals surface area (Å²) in [5, 5.41) is 2.75. The van der Waals surface area contributed by atoms with Crippen molar-refractivity contribution in [3.8, 4) is 0 Å². The van der Waals surface area contributed by atoms with Crippen LogP contribution in [0.25, 0.3) is 0 Å². The molecule has 0 bridgehead atoms. The van der Waals surface area contributed by atoms with Crippen LogP contribution in [0, 0.1) is 0 Å². The van der Waals surface area contributed by atoms with Crippen LogP contribution in [-0.2, 0) is 16.1 Å². The van der Waals surface area contributed by atoms with Crippen molar-refractivity contribution in [1.29, 1.82) is 0 Å². The number of ether oxygens (including phenoxy) is 1. The molecule has 0 fully saturated rings. The standard InChI is InChI=1S/C9H12ClNO2S/c1-6(13-2)9(12)11-5-7-3-4-8(10)14-7/h3-4,6H,5H2,1-2H3,(H,11,12). The lowest BCUT2D eigenvalue weighted by molar-refractivity contribution is -0.130. The van der Waals surface area contributed by atoms with Gasteiger partial charge in [-0.1, -0.05) is 11.6 Å². The normalized spacial score (nSPS) is 12.5. The van der Waals surface area contributed by atoms with E-state index in [1.54, 1.807) is 6.92 Å². The highest BCUT2D eigenvalue weighted by Crippen LogP contribution is 2.20. The van der Waals surface area contributed by atoms with Crippen molar-refractivity contribution in [2.24, 2.45) is 0 Å². The predicted molar refractivity (Wildman–Crippen MR) is 57.6 cm³/mol. The summed E-state index contributed by atoms with van der Waals surface area (Å²) in [5.74, 6) is -0.114. The number of methoxy groups -OCH3 is 1. The lowest BCUT2D eigenvalue weighted by atomic mass is 10.3. The zero-order chi connectivity index (χ0) is 10.6. The molecule has 1 heterocycles. The van der Waals surface area contributed by atoms with Crippen LogP contribution in [0.5, 0.6) is 0 Å². The fourth-order valence-corrected chi connectivity index (χ4v) is 1.90. The van der Waals surface area contributed by atoms with Gasteiger partial charge in [0.1, 0.15) is 6.10 Å². The second-order valence-electron chi connectivity index (χ2n) is 2.80. The van der Waals surface area contributed by atoms with Gasteiger partial charge in [-0.2, -0.15) is 0 Å². The number of rotatable bonds is 4. The fourth-order valence-electron chi connectivity index (χ4n) is 0.872. The first-order valence-corrected chi connectivity index (χ1v) is 5.37. The average Bonchev–Trinajstić information content (AvgIpc) is 2.59. The number of carbonyl (C=O) groups excluding carboxylic acids is 1. The molecular formula is C9H12ClNO2S. The predicted octanol–water partition coefficient (Wildman–Crippen LogP) is 2.05. The van der Waals surface area contributed by atoms with E-state index in [1.165, 1.54) is 18.4 Å². The van der Waals surface area contributed by atoms with Crippen LogP contribution in [0.1, 0.15) is 11.8 Å². The first kappa shape index (κ1) is 11.5. The van der Waals surface area contributed by atoms with E-state index in [-0.39, 0.29) is 5.91 Å². The van der Waals surface area contributed by atoms with Gasteiger partial charge in [-0.05, 0) is 19.1 Å². The van der Waals surface area contributed by atoms with Gasteiger partial charge < -0.3 is 10.1 Å². The Bertz CT molecular complexity index is 314. The summed E-state index contributed by atoms with van der Waals surface area (Å²) in [6.45, 7) is 2.21. The first-order valence-electron chi connectivity index (χ1n) is 4.18. The van der Waals surface area contributed by atoms with E-state index in [2.05, 4.69) is 5.32 Å². The lowest BCUT2D eigenvalue weighted by Gasteiger charge is -2.08. The first-order chi connectivity index (χ1) is 6.63. The molecule has 1 aromatic rings. The van der Waals surface area contributed by atoms with Crippen molar-refractivity contribution < 1.29 is 9.53 Å². The maximum atomic E-state index is 11.3. The molecule has 0 radical (unpaired) electrons. The summed E-state index contributed by atoms with van der Waals surface area (Å²) in [5.41, 5.74) is 0. The van der Waals surface area contributed by atoms with E-state index >= 15 is 0 Å². The van der Waals surface area contributed by atoms with Gasteiger partial charge in [0.05, 0.1) is 10.9 Å². The Kier molecular flexibility index (Phi) is 4.38. The minimum absolute atomic E-state index is 0.114. The third kappa shape index (κ3) is 3.29. The molecule has 3 nitrogen and oxygen atoms in total. The fraction of sp³-hybridized carbons (Fsp3) is 0.444. The molecule has 78 valence electrons. The molecular weight excluding hydrogens is 222 g/mol. The zero-order valence-corrected chi connectivity index (χ0v) is 9.61. The summed E-state index contributed by atoms with van der Waals surface area (Å²) in [6.07, 6.45) is -0.412. The Balaban J connectivity index is 2.37. The van der Waals surface area contributed by atoms with Crippen molar-refractivity contribution >= 4 is 28.8 Å². The highest BCUT2D eigenvalue weighted by molar-refractivity contribution is 7.16. The molecule has 1 amide bonds. The number of nitrogens with one attached hydrogen (secondary N) is 1. The third-order valence-corrected chi connectivity index (χ3v) is 3.02. The van der Waals surface area contributed by atoms with Gasteiger partial charge in [0.2, 0.25) is 5.91 Å². The van der Waals surface area contributed by atoms with E-state index in [4.69, 9.17) is 16.3 Å². The van der Waals surface area contributed by atoms with Crippen LogP contribution in [0.2, 0.25) is 4.34 Å². The van der Waals surface area contributed by atoms with Crippen LogP contribution in [0.15, 0.2) is 12.1 Å². The van der Waals surface area contributed by atoms with Crippen LogP contribution >= 0.6 is 22.9 Å². The smallest absolute Gasteiger partial charge is 0.249 e. The third-order valence-electron chi connectivity index (χ3n) is 1.79. The van der Waals surface area contributed by atoms with E-state index in [0.29, 0.717) is 6.54 Å². The zero-order valence-electron chi connectivity index (χ0n) is 8.04. The molecule has 0 aliphatic carbocycles. The SMILES string of the molecule is COC(C)C(=O)NCc1ccc(Cl)s1. The van der Waals surface area contributed by atoms with E-state index < -0.39 is 6.10 Å². The molecule has 1 N–H and O–H groups in total. The topological polar surface area (TPSA) is 38.3 Å². The molecule has 0 saturated heterocycles. The summed E-state index contributed by atoms with van der Waals surface area (Å²) in [7, 11) is 1.51. The molecule has 1 unspecified atom stereocenters. The van der Waals surface area contributed by atoms with Gasteiger partial charge in [0.15, 0.2) is 0 Å². The van der Waals surface area contributed by atoms with Gasteiger partial charge >= 0.3 is 0 Å². The van der Waals surface area contributed by atoms with E-state index in [0.717, 1.165) is 9.21 Å². The van der Waals surface area contributed by atoms with Crippen molar-refractivity contribution in [3.05, 3.63) is 21.3 Å². The molecule has 0 spiro atoms. The minimum Gasteiger partial charge on any atom is -0.372 e. The largest absolute Gasteiger partial charge is 0.372 e. The minimum atomic E-state index is -0.412. The Morgan fingerprint density at radius 2 is 2.43 bits per heavy atom. The van der Waals surface area contributed by atoms with Crippen molar-refractivity contribution in [2.45, 2.75) is 19.6 Å². The van der Waals surface area contributed by atoms with Crippen molar-refractivity contribution in [2.75, 3.05) is 7.11 Å². The van der Waals surface area contributed by atoms with Crippen LogP contribution in [0.3, 0.4) is 0 Å². The quantitative estimate of drug-likeness (QED) is 0.865. The molecule has 0 aliphatic heterocycles. The highest BCUT2D eigenvalue weighted by Gasteiger charge is 2.10. The molecule has 1 atom stereocenters. The number of hydrogen-bond acceptors (Lipinski definition) is 3. The Hall–Kier alpha value is -0.580. The summed E-state index contributed by atoms with van der Waals surface area (Å²) in [4.78, 5) is 12.3. The van der Waals surface area contributed by atoms with Gasteiger partial charge in [-0.3, -0.25) is 4.79 Å². The average molecular weight is 234 g/mol. The molecule has 14 heavy (non-hydrogen) atoms. The number of amides is 1. The molecule has 0 aliphatic rings. The Labute approximate surface area is 92.0 Å². The molecule has 0 saturated carbocycles. The van der Waals surface area contributed by atoms with Gasteiger partial charge in [-0.15, -0.1) is 11.3 Å². The van der Waals surface area contributed by atoms with Crippen LogP contribution in [0.4, 0.5) is 0 Å². The summed E-state index contributed by atoms with van der Waals surface area (Å²) < 4.78 is 5.60. The monoisotopic (exact) mass is 233 g/mol. The molecule has 1 rings (SSSR count). The molecule has 0 aromatic carbocycles. The van der Waals surface area contributed by atoms with Crippen molar-refractivity contribution in [1.82, 2.24) is 5.32 Å². The second-order valence-corrected chi connectivity index (χ2v) is 4.60. The molecule has 5 heteroatoms. The van der Waals surface area contributed by atoms with E-state index in [1.807, 2.05) is 12.1 Å². The lowest BCUT2D eigenvalue weighted by Crippen LogP contribution is -2.33. The van der Waals surface area contributed by atoms with Gasteiger partial charge in [0, 0.05) is 12.0 Å².